The minimum Gasteiger partial charge on any atom is -0.354 e. The first kappa shape index (κ1) is 15.5. The van der Waals surface area contributed by atoms with Gasteiger partial charge in [-0.1, -0.05) is 0 Å². The molecule has 3 rings (SSSR count). The van der Waals surface area contributed by atoms with Gasteiger partial charge in [0.1, 0.15) is 0 Å². The molecule has 0 spiro atoms. The van der Waals surface area contributed by atoms with E-state index in [-0.39, 0.29) is 11.3 Å². The highest BCUT2D eigenvalue weighted by Gasteiger charge is 2.43. The smallest absolute Gasteiger partial charge is 0.234 e. The van der Waals surface area contributed by atoms with Gasteiger partial charge in [-0.2, -0.15) is 0 Å². The van der Waals surface area contributed by atoms with Crippen LogP contribution < -0.4 is 5.32 Å². The molecule has 6 nitrogen and oxygen atoms in total. The van der Waals surface area contributed by atoms with E-state index in [0.29, 0.717) is 6.54 Å². The lowest BCUT2D eigenvalue weighted by atomic mass is 10.1. The molecule has 1 aromatic heterocycles. The molecule has 122 valence electrons. The van der Waals surface area contributed by atoms with E-state index in [4.69, 9.17) is 0 Å². The maximum atomic E-state index is 12.2. The predicted molar refractivity (Wildman–Crippen MR) is 85.5 cm³/mol. The molecule has 0 bridgehead atoms. The molecule has 0 unspecified atom stereocenters. The van der Waals surface area contributed by atoms with E-state index < -0.39 is 0 Å². The average Bonchev–Trinajstić information content (AvgIpc) is 3.13. The molecule has 2 aliphatic rings. The summed E-state index contributed by atoms with van der Waals surface area (Å²) in [4.78, 5) is 20.9. The fraction of sp³-hybridized carbons (Fsp3) is 0.750. The summed E-state index contributed by atoms with van der Waals surface area (Å²) in [5.74, 6) is 0.168. The molecule has 2 heterocycles. The molecule has 1 N–H and O–H groups in total. The van der Waals surface area contributed by atoms with Crippen molar-refractivity contribution < 1.29 is 4.79 Å². The lowest BCUT2D eigenvalue weighted by Crippen LogP contribution is -2.41. The van der Waals surface area contributed by atoms with Crippen LogP contribution in [0.1, 0.15) is 19.3 Å². The van der Waals surface area contributed by atoms with Crippen LogP contribution in [0, 0.1) is 5.41 Å². The fourth-order valence-electron chi connectivity index (χ4n) is 3.14. The number of imidazole rings is 1. The first-order valence-electron chi connectivity index (χ1n) is 8.29. The number of rotatable bonds is 6. The molecule has 22 heavy (non-hydrogen) atoms. The number of hydrogen-bond donors (Lipinski definition) is 1. The Morgan fingerprint density at radius 3 is 2.86 bits per heavy atom. The molecule has 1 saturated heterocycles. The summed E-state index contributed by atoms with van der Waals surface area (Å²) < 4.78 is 2.11. The normalized spacial score (nSPS) is 22.2. The van der Waals surface area contributed by atoms with Crippen molar-refractivity contribution in [3.63, 3.8) is 0 Å². The van der Waals surface area contributed by atoms with E-state index in [1.54, 1.807) is 0 Å². The Bertz CT molecular complexity index is 483. The second-order valence-electron chi connectivity index (χ2n) is 6.94. The summed E-state index contributed by atoms with van der Waals surface area (Å²) >= 11 is 0. The Morgan fingerprint density at radius 2 is 2.14 bits per heavy atom. The van der Waals surface area contributed by atoms with Crippen LogP contribution in [0.25, 0.3) is 0 Å². The summed E-state index contributed by atoms with van der Waals surface area (Å²) in [6.07, 6.45) is 9.20. The molecular formula is C16H27N5O. The van der Waals surface area contributed by atoms with E-state index in [0.717, 1.165) is 45.7 Å². The van der Waals surface area contributed by atoms with E-state index in [2.05, 4.69) is 31.7 Å². The van der Waals surface area contributed by atoms with Crippen molar-refractivity contribution in [2.75, 3.05) is 46.3 Å². The molecule has 1 saturated carbocycles. The van der Waals surface area contributed by atoms with Gasteiger partial charge in [0.2, 0.25) is 5.91 Å². The molecule has 2 fully saturated rings. The van der Waals surface area contributed by atoms with Crippen molar-refractivity contribution in [3.05, 3.63) is 18.7 Å². The van der Waals surface area contributed by atoms with Gasteiger partial charge in [-0.05, 0) is 39.4 Å². The van der Waals surface area contributed by atoms with Crippen LogP contribution in [0.15, 0.2) is 18.7 Å². The van der Waals surface area contributed by atoms with Gasteiger partial charge in [0.15, 0.2) is 0 Å². The number of nitrogens with one attached hydrogen (secondary N) is 1. The van der Waals surface area contributed by atoms with Crippen molar-refractivity contribution in [3.8, 4) is 0 Å². The quantitative estimate of drug-likeness (QED) is 0.827. The van der Waals surface area contributed by atoms with Gasteiger partial charge >= 0.3 is 0 Å². The second kappa shape index (κ2) is 6.79. The SMILES string of the molecule is CN1CCCN(CC(=O)NCC2(Cn3ccnc3)CC2)CC1. The fourth-order valence-corrected chi connectivity index (χ4v) is 3.14. The summed E-state index contributed by atoms with van der Waals surface area (Å²) in [6.45, 7) is 6.49. The van der Waals surface area contributed by atoms with Crippen molar-refractivity contribution >= 4 is 5.91 Å². The number of nitrogens with zero attached hydrogens (tertiary/aromatic N) is 4. The lowest BCUT2D eigenvalue weighted by Gasteiger charge is -2.21. The molecule has 0 radical (unpaired) electrons. The molecule has 1 aliphatic carbocycles. The van der Waals surface area contributed by atoms with Gasteiger partial charge in [0, 0.05) is 44.0 Å². The molecule has 0 atom stereocenters. The average molecular weight is 305 g/mol. The summed E-state index contributed by atoms with van der Waals surface area (Å²) in [6, 6.07) is 0. The van der Waals surface area contributed by atoms with E-state index in [1.807, 2.05) is 18.7 Å². The van der Waals surface area contributed by atoms with Gasteiger partial charge < -0.3 is 14.8 Å². The lowest BCUT2D eigenvalue weighted by molar-refractivity contribution is -0.122. The molecule has 1 aliphatic heterocycles. The van der Waals surface area contributed by atoms with Crippen LogP contribution in [0.3, 0.4) is 0 Å². The standard InChI is InChI=1S/C16H27N5O/c1-19-6-2-7-20(10-9-19)11-15(22)18-12-16(3-4-16)13-21-8-5-17-14-21/h5,8,14H,2-4,6-7,9-13H2,1H3,(H,18,22). The predicted octanol–water partition coefficient (Wildman–Crippen LogP) is 0.417. The first-order valence-corrected chi connectivity index (χ1v) is 8.29. The number of carbonyl (C=O) groups is 1. The zero-order chi connectivity index (χ0) is 15.4. The summed E-state index contributed by atoms with van der Waals surface area (Å²) in [7, 11) is 2.15. The van der Waals surface area contributed by atoms with E-state index in [9.17, 15) is 4.79 Å². The number of likely N-dealkylation sites (N-methyl/N-ethyl adjacent to an activating group) is 1. The Hall–Kier alpha value is -1.40. The largest absolute Gasteiger partial charge is 0.354 e. The minimum atomic E-state index is 0.168. The third-order valence-corrected chi connectivity index (χ3v) is 4.87. The van der Waals surface area contributed by atoms with Crippen LogP contribution in [-0.4, -0.2) is 71.6 Å². The van der Waals surface area contributed by atoms with Crippen molar-refractivity contribution in [1.29, 1.82) is 0 Å². The van der Waals surface area contributed by atoms with Crippen LogP contribution in [0.2, 0.25) is 0 Å². The zero-order valence-corrected chi connectivity index (χ0v) is 13.5. The summed E-state index contributed by atoms with van der Waals surface area (Å²) in [5, 5.41) is 3.15. The Balaban J connectivity index is 1.40. The Kier molecular flexibility index (Phi) is 4.78. The van der Waals surface area contributed by atoms with E-state index >= 15 is 0 Å². The highest BCUT2D eigenvalue weighted by atomic mass is 16.2. The first-order chi connectivity index (χ1) is 10.7. The third kappa shape index (κ3) is 4.30. The Labute approximate surface area is 132 Å². The highest BCUT2D eigenvalue weighted by Crippen LogP contribution is 2.46. The van der Waals surface area contributed by atoms with Crippen LogP contribution in [-0.2, 0) is 11.3 Å². The number of aromatic nitrogens is 2. The van der Waals surface area contributed by atoms with Crippen LogP contribution >= 0.6 is 0 Å². The zero-order valence-electron chi connectivity index (χ0n) is 13.5. The number of amides is 1. The van der Waals surface area contributed by atoms with Crippen molar-refractivity contribution in [2.45, 2.75) is 25.8 Å². The van der Waals surface area contributed by atoms with Crippen LogP contribution in [0.4, 0.5) is 0 Å². The van der Waals surface area contributed by atoms with Gasteiger partial charge in [-0.15, -0.1) is 0 Å². The third-order valence-electron chi connectivity index (χ3n) is 4.87. The van der Waals surface area contributed by atoms with Crippen LogP contribution in [0.5, 0.6) is 0 Å². The van der Waals surface area contributed by atoms with Gasteiger partial charge in [0.05, 0.1) is 12.9 Å². The highest BCUT2D eigenvalue weighted by molar-refractivity contribution is 5.78. The topological polar surface area (TPSA) is 53.4 Å². The molecule has 1 aromatic rings. The maximum absolute atomic E-state index is 12.2. The van der Waals surface area contributed by atoms with E-state index in [1.165, 1.54) is 12.8 Å². The molecule has 6 heteroatoms. The van der Waals surface area contributed by atoms with Crippen molar-refractivity contribution in [2.24, 2.45) is 5.41 Å². The minimum absolute atomic E-state index is 0.168. The number of hydrogen-bond acceptors (Lipinski definition) is 4. The molecule has 1 amide bonds. The maximum Gasteiger partial charge on any atom is 0.234 e. The van der Waals surface area contributed by atoms with Gasteiger partial charge in [0.25, 0.3) is 0 Å². The van der Waals surface area contributed by atoms with Gasteiger partial charge in [-0.25, -0.2) is 4.98 Å². The number of carbonyl (C=O) groups excluding carboxylic acids is 1. The molecular weight excluding hydrogens is 278 g/mol. The molecule has 0 aromatic carbocycles. The van der Waals surface area contributed by atoms with Crippen molar-refractivity contribution in [1.82, 2.24) is 24.7 Å². The monoisotopic (exact) mass is 305 g/mol. The Morgan fingerprint density at radius 1 is 1.27 bits per heavy atom. The second-order valence-corrected chi connectivity index (χ2v) is 6.94. The van der Waals surface area contributed by atoms with Gasteiger partial charge in [-0.3, -0.25) is 9.69 Å². The summed E-state index contributed by atoms with van der Waals surface area (Å²) in [5.41, 5.74) is 0.259.